The smallest absolute Gasteiger partial charge is 0.296 e. The highest BCUT2D eigenvalue weighted by Crippen LogP contribution is 2.26. The van der Waals surface area contributed by atoms with E-state index in [1.165, 1.54) is 28.2 Å². The summed E-state index contributed by atoms with van der Waals surface area (Å²) in [5.41, 5.74) is 0.491. The van der Waals surface area contributed by atoms with Crippen LogP contribution >= 0.6 is 11.3 Å². The summed E-state index contributed by atoms with van der Waals surface area (Å²) in [6.07, 6.45) is 1.63. The molecule has 0 aliphatic rings. The molecule has 0 saturated heterocycles. The maximum Gasteiger partial charge on any atom is 0.296 e. The number of halogens is 1. The Morgan fingerprint density at radius 3 is 2.83 bits per heavy atom. The Morgan fingerprint density at radius 1 is 1.24 bits per heavy atom. The second kappa shape index (κ2) is 7.96. The summed E-state index contributed by atoms with van der Waals surface area (Å²) in [6, 6.07) is 11.5. The van der Waals surface area contributed by atoms with Crippen LogP contribution in [-0.4, -0.2) is 30.5 Å². The van der Waals surface area contributed by atoms with Gasteiger partial charge >= 0.3 is 0 Å². The second-order valence-corrected chi connectivity index (χ2v) is 7.82. The van der Waals surface area contributed by atoms with Crippen molar-refractivity contribution in [3.05, 3.63) is 65.7 Å². The van der Waals surface area contributed by atoms with Gasteiger partial charge in [-0.2, -0.15) is 5.10 Å². The molecular weight excluding hydrogens is 391 g/mol. The van der Waals surface area contributed by atoms with Gasteiger partial charge in [0.05, 0.1) is 16.8 Å². The largest absolute Gasteiger partial charge is 0.304 e. The Labute approximate surface area is 170 Å². The third-order valence-electron chi connectivity index (χ3n) is 4.10. The number of hydrogen-bond donors (Lipinski definition) is 1. The number of aromatic nitrogens is 5. The first-order chi connectivity index (χ1) is 14.0. The standard InChI is InChI=1S/C20H19FN6OS/c1-13(2)12-26-17(8-9-22-26)23-20(28)18-24-19(16-7-4-10-29-16)27(25-18)15-6-3-5-14(21)11-15/h3-11,13H,12H2,1-2H3,(H,23,28). The van der Waals surface area contributed by atoms with E-state index in [2.05, 4.69) is 34.3 Å². The summed E-state index contributed by atoms with van der Waals surface area (Å²) in [7, 11) is 0. The van der Waals surface area contributed by atoms with Crippen LogP contribution in [-0.2, 0) is 6.54 Å². The molecule has 9 heteroatoms. The molecule has 1 N–H and O–H groups in total. The molecule has 0 fully saturated rings. The Bertz CT molecular complexity index is 1130. The first kappa shape index (κ1) is 19.0. The van der Waals surface area contributed by atoms with E-state index in [0.29, 0.717) is 29.8 Å². The molecule has 3 aromatic heterocycles. The summed E-state index contributed by atoms with van der Waals surface area (Å²) >= 11 is 1.47. The van der Waals surface area contributed by atoms with Crippen LogP contribution in [0.15, 0.2) is 54.0 Å². The maximum absolute atomic E-state index is 13.7. The van der Waals surface area contributed by atoms with Crippen molar-refractivity contribution in [2.45, 2.75) is 20.4 Å². The molecule has 0 atom stereocenters. The van der Waals surface area contributed by atoms with Crippen molar-refractivity contribution < 1.29 is 9.18 Å². The summed E-state index contributed by atoms with van der Waals surface area (Å²) in [4.78, 5) is 18.1. The molecular formula is C20H19FN6OS. The lowest BCUT2D eigenvalue weighted by atomic mass is 10.2. The highest BCUT2D eigenvalue weighted by Gasteiger charge is 2.20. The van der Waals surface area contributed by atoms with Crippen LogP contribution in [0.25, 0.3) is 16.4 Å². The van der Waals surface area contributed by atoms with E-state index < -0.39 is 11.7 Å². The fourth-order valence-corrected chi connectivity index (χ4v) is 3.56. The van der Waals surface area contributed by atoms with Gasteiger partial charge in [0.1, 0.15) is 11.6 Å². The zero-order chi connectivity index (χ0) is 20.4. The van der Waals surface area contributed by atoms with E-state index in [1.807, 2.05) is 17.5 Å². The van der Waals surface area contributed by atoms with Crippen molar-refractivity contribution >= 4 is 23.1 Å². The van der Waals surface area contributed by atoms with Crippen LogP contribution in [0.4, 0.5) is 10.2 Å². The van der Waals surface area contributed by atoms with Crippen molar-refractivity contribution in [1.82, 2.24) is 24.5 Å². The molecule has 3 heterocycles. The van der Waals surface area contributed by atoms with Gasteiger partial charge in [-0.15, -0.1) is 16.4 Å². The van der Waals surface area contributed by atoms with Gasteiger partial charge in [-0.25, -0.2) is 18.7 Å². The molecule has 0 unspecified atom stereocenters. The van der Waals surface area contributed by atoms with Gasteiger partial charge in [-0.05, 0) is 35.6 Å². The van der Waals surface area contributed by atoms with E-state index in [0.717, 1.165) is 4.88 Å². The zero-order valence-corrected chi connectivity index (χ0v) is 16.7. The Morgan fingerprint density at radius 2 is 2.10 bits per heavy atom. The molecule has 4 aromatic rings. The molecule has 7 nitrogen and oxygen atoms in total. The molecule has 1 aromatic carbocycles. The lowest BCUT2D eigenvalue weighted by Gasteiger charge is -2.09. The topological polar surface area (TPSA) is 77.6 Å². The van der Waals surface area contributed by atoms with E-state index in [9.17, 15) is 9.18 Å². The summed E-state index contributed by atoms with van der Waals surface area (Å²) in [5, 5.41) is 13.3. The minimum absolute atomic E-state index is 0.00467. The number of rotatable bonds is 6. The molecule has 0 aliphatic carbocycles. The lowest BCUT2D eigenvalue weighted by Crippen LogP contribution is -2.18. The molecule has 29 heavy (non-hydrogen) atoms. The quantitative estimate of drug-likeness (QED) is 0.516. The predicted octanol–water partition coefficient (Wildman–Crippen LogP) is 4.24. The Hall–Kier alpha value is -3.33. The van der Waals surface area contributed by atoms with Crippen LogP contribution in [0, 0.1) is 11.7 Å². The minimum atomic E-state index is -0.455. The number of nitrogens with zero attached hydrogens (tertiary/aromatic N) is 5. The minimum Gasteiger partial charge on any atom is -0.304 e. The molecule has 148 valence electrons. The third kappa shape index (κ3) is 4.09. The van der Waals surface area contributed by atoms with Crippen LogP contribution in [0.3, 0.4) is 0 Å². The van der Waals surface area contributed by atoms with Gasteiger partial charge in [0.2, 0.25) is 5.82 Å². The van der Waals surface area contributed by atoms with Gasteiger partial charge < -0.3 is 5.32 Å². The third-order valence-corrected chi connectivity index (χ3v) is 4.97. The van der Waals surface area contributed by atoms with Crippen LogP contribution in [0.2, 0.25) is 0 Å². The highest BCUT2D eigenvalue weighted by atomic mass is 32.1. The highest BCUT2D eigenvalue weighted by molar-refractivity contribution is 7.13. The second-order valence-electron chi connectivity index (χ2n) is 6.87. The summed E-state index contributed by atoms with van der Waals surface area (Å²) < 4.78 is 17.0. The number of thiophene rings is 1. The van der Waals surface area contributed by atoms with Crippen molar-refractivity contribution in [3.8, 4) is 16.4 Å². The summed E-state index contributed by atoms with van der Waals surface area (Å²) in [6.45, 7) is 4.82. The maximum atomic E-state index is 13.7. The van der Waals surface area contributed by atoms with Crippen molar-refractivity contribution in [1.29, 1.82) is 0 Å². The lowest BCUT2D eigenvalue weighted by molar-refractivity contribution is 0.101. The summed E-state index contributed by atoms with van der Waals surface area (Å²) in [5.74, 6) is 0.577. The molecule has 1 amide bonds. The molecule has 0 aliphatic heterocycles. The van der Waals surface area contributed by atoms with Gasteiger partial charge in [0, 0.05) is 12.6 Å². The average Bonchev–Trinajstić information content (AvgIpc) is 3.42. The van der Waals surface area contributed by atoms with Crippen molar-refractivity contribution in [2.75, 3.05) is 5.32 Å². The Kier molecular flexibility index (Phi) is 5.22. The first-order valence-corrected chi connectivity index (χ1v) is 9.99. The molecule has 0 radical (unpaired) electrons. The fourth-order valence-electron chi connectivity index (χ4n) is 2.86. The van der Waals surface area contributed by atoms with E-state index in [1.54, 1.807) is 29.1 Å². The van der Waals surface area contributed by atoms with Crippen molar-refractivity contribution in [3.63, 3.8) is 0 Å². The number of anilines is 1. The number of hydrogen-bond acceptors (Lipinski definition) is 5. The SMILES string of the molecule is CC(C)Cn1nccc1NC(=O)c1nc(-c2cccs2)n(-c2cccc(F)c2)n1. The normalized spacial score (nSPS) is 11.2. The molecule has 0 saturated carbocycles. The first-order valence-electron chi connectivity index (χ1n) is 9.11. The van der Waals surface area contributed by atoms with Gasteiger partial charge in [-0.3, -0.25) is 4.79 Å². The number of carbonyl (C=O) groups is 1. The monoisotopic (exact) mass is 410 g/mol. The van der Waals surface area contributed by atoms with Gasteiger partial charge in [-0.1, -0.05) is 26.0 Å². The number of amides is 1. The average molecular weight is 410 g/mol. The van der Waals surface area contributed by atoms with E-state index in [-0.39, 0.29) is 5.82 Å². The zero-order valence-electron chi connectivity index (χ0n) is 15.9. The molecule has 4 rings (SSSR count). The van der Waals surface area contributed by atoms with Crippen LogP contribution in [0.1, 0.15) is 24.5 Å². The van der Waals surface area contributed by atoms with Crippen LogP contribution in [0.5, 0.6) is 0 Å². The van der Waals surface area contributed by atoms with E-state index >= 15 is 0 Å². The van der Waals surface area contributed by atoms with Gasteiger partial charge in [0.15, 0.2) is 5.82 Å². The number of carbonyl (C=O) groups excluding carboxylic acids is 1. The number of nitrogens with one attached hydrogen (secondary N) is 1. The van der Waals surface area contributed by atoms with E-state index in [4.69, 9.17) is 0 Å². The predicted molar refractivity (Wildman–Crippen MR) is 110 cm³/mol. The number of benzene rings is 1. The fraction of sp³-hybridized carbons (Fsp3) is 0.200. The van der Waals surface area contributed by atoms with Crippen molar-refractivity contribution in [2.24, 2.45) is 5.92 Å². The molecule has 0 spiro atoms. The Balaban J connectivity index is 1.69. The van der Waals surface area contributed by atoms with Crippen LogP contribution < -0.4 is 5.32 Å². The van der Waals surface area contributed by atoms with Gasteiger partial charge in [0.25, 0.3) is 5.91 Å². The molecule has 0 bridgehead atoms.